The summed E-state index contributed by atoms with van der Waals surface area (Å²) in [4.78, 5) is 24.6. The van der Waals surface area contributed by atoms with Gasteiger partial charge in [0.2, 0.25) is 5.76 Å². The smallest absolute Gasteiger partial charge is 0.431 e. The SMILES string of the molecule is CCC1OC(=O)N(CCc2ccc(NC(=O)c3ccno3)cc2)N=C1c1ccc(OC)c(OC)c1. The van der Waals surface area contributed by atoms with Gasteiger partial charge in [0.15, 0.2) is 11.5 Å². The van der Waals surface area contributed by atoms with E-state index in [4.69, 9.17) is 18.7 Å². The van der Waals surface area contributed by atoms with Crippen LogP contribution in [0.3, 0.4) is 0 Å². The molecule has 3 aromatic rings. The lowest BCUT2D eigenvalue weighted by atomic mass is 10.0. The second kappa shape index (κ2) is 10.7. The fourth-order valence-corrected chi connectivity index (χ4v) is 3.65. The summed E-state index contributed by atoms with van der Waals surface area (Å²) in [7, 11) is 3.14. The van der Waals surface area contributed by atoms with Crippen LogP contribution in [0.15, 0.2) is 64.4 Å². The van der Waals surface area contributed by atoms with E-state index in [1.807, 2.05) is 31.2 Å². The molecule has 4 rings (SSSR count). The van der Waals surface area contributed by atoms with Gasteiger partial charge in [0.1, 0.15) is 11.8 Å². The van der Waals surface area contributed by atoms with Gasteiger partial charge < -0.3 is 24.1 Å². The van der Waals surface area contributed by atoms with E-state index in [-0.39, 0.29) is 11.7 Å². The number of amides is 2. The Kier molecular flexibility index (Phi) is 7.30. The summed E-state index contributed by atoms with van der Waals surface area (Å²) in [5.74, 6) is 0.927. The highest BCUT2D eigenvalue weighted by Crippen LogP contribution is 2.30. The topological polar surface area (TPSA) is 115 Å². The second-order valence-electron chi connectivity index (χ2n) is 7.74. The third-order valence-electron chi connectivity index (χ3n) is 5.52. The van der Waals surface area contributed by atoms with E-state index >= 15 is 0 Å². The molecule has 35 heavy (non-hydrogen) atoms. The summed E-state index contributed by atoms with van der Waals surface area (Å²) >= 11 is 0. The lowest BCUT2D eigenvalue weighted by Crippen LogP contribution is -2.42. The molecule has 1 unspecified atom stereocenters. The van der Waals surface area contributed by atoms with Crippen molar-refractivity contribution in [1.29, 1.82) is 0 Å². The Morgan fingerprint density at radius 2 is 1.86 bits per heavy atom. The summed E-state index contributed by atoms with van der Waals surface area (Å²) in [6.45, 7) is 2.27. The average molecular weight is 479 g/mol. The van der Waals surface area contributed by atoms with E-state index in [0.717, 1.165) is 11.1 Å². The molecule has 10 heteroatoms. The molecule has 0 bridgehead atoms. The molecular weight excluding hydrogens is 452 g/mol. The highest BCUT2D eigenvalue weighted by atomic mass is 16.6. The van der Waals surface area contributed by atoms with Crippen LogP contribution in [0.1, 0.15) is 35.0 Å². The van der Waals surface area contributed by atoms with Crippen molar-refractivity contribution in [2.75, 3.05) is 26.1 Å². The predicted molar refractivity (Wildman–Crippen MR) is 128 cm³/mol. The van der Waals surface area contributed by atoms with Crippen molar-refractivity contribution in [3.63, 3.8) is 0 Å². The molecule has 1 aliphatic heterocycles. The predicted octanol–water partition coefficient (Wildman–Crippen LogP) is 4.12. The summed E-state index contributed by atoms with van der Waals surface area (Å²) in [5.41, 5.74) is 3.03. The highest BCUT2D eigenvalue weighted by molar-refractivity contribution is 6.06. The molecule has 0 fully saturated rings. The van der Waals surface area contributed by atoms with Gasteiger partial charge in [-0.15, -0.1) is 0 Å². The Hall–Kier alpha value is -4.34. The molecule has 2 aromatic carbocycles. The monoisotopic (exact) mass is 478 g/mol. The third kappa shape index (κ3) is 5.43. The zero-order valence-corrected chi connectivity index (χ0v) is 19.7. The maximum atomic E-state index is 12.6. The van der Waals surface area contributed by atoms with E-state index in [2.05, 4.69) is 15.6 Å². The number of hydrogen-bond acceptors (Lipinski definition) is 8. The fourth-order valence-electron chi connectivity index (χ4n) is 3.65. The van der Waals surface area contributed by atoms with Crippen LogP contribution in [0, 0.1) is 0 Å². The molecule has 10 nitrogen and oxygen atoms in total. The van der Waals surface area contributed by atoms with Crippen LogP contribution >= 0.6 is 0 Å². The largest absolute Gasteiger partial charge is 0.493 e. The maximum Gasteiger partial charge on any atom is 0.431 e. The number of rotatable bonds is 9. The number of hydrazone groups is 1. The molecule has 1 atom stereocenters. The van der Waals surface area contributed by atoms with Crippen molar-refractivity contribution in [2.24, 2.45) is 5.10 Å². The van der Waals surface area contributed by atoms with Crippen LogP contribution in [0.5, 0.6) is 11.5 Å². The number of nitrogens with zero attached hydrogens (tertiary/aromatic N) is 3. The zero-order chi connectivity index (χ0) is 24.8. The molecule has 1 aromatic heterocycles. The molecule has 0 aliphatic carbocycles. The number of cyclic esters (lactones) is 1. The van der Waals surface area contributed by atoms with Crippen LogP contribution in [0.4, 0.5) is 10.5 Å². The zero-order valence-electron chi connectivity index (χ0n) is 19.7. The third-order valence-corrected chi connectivity index (χ3v) is 5.52. The molecule has 1 aliphatic rings. The molecule has 0 spiro atoms. The molecule has 0 radical (unpaired) electrons. The van der Waals surface area contributed by atoms with Crippen LogP contribution in [0.25, 0.3) is 0 Å². The molecule has 2 amide bonds. The Balaban J connectivity index is 1.45. The minimum atomic E-state index is -0.489. The first-order valence-corrected chi connectivity index (χ1v) is 11.1. The van der Waals surface area contributed by atoms with Gasteiger partial charge in [0.25, 0.3) is 5.91 Å². The van der Waals surface area contributed by atoms with Crippen LogP contribution in [-0.2, 0) is 11.2 Å². The standard InChI is InChI=1S/C25H26N4O6/c1-4-19-23(17-7-10-20(32-2)22(15-17)33-3)28-29(25(31)34-19)14-12-16-5-8-18(9-6-16)27-24(30)21-11-13-26-35-21/h5-11,13,15,19H,4,12,14H2,1-3H3,(H,27,30). The minimum absolute atomic E-state index is 0.131. The van der Waals surface area contributed by atoms with Crippen LogP contribution in [-0.4, -0.2) is 54.7 Å². The summed E-state index contributed by atoms with van der Waals surface area (Å²) in [6, 6.07) is 14.3. The molecule has 0 saturated heterocycles. The number of ether oxygens (including phenoxy) is 3. The number of nitrogens with one attached hydrogen (secondary N) is 1. The lowest BCUT2D eigenvalue weighted by Gasteiger charge is -2.29. The normalized spacial score (nSPS) is 15.3. The van der Waals surface area contributed by atoms with Crippen molar-refractivity contribution in [3.05, 3.63) is 71.6 Å². The number of anilines is 1. The fraction of sp³-hybridized carbons (Fsp3) is 0.280. The summed E-state index contributed by atoms with van der Waals surface area (Å²) < 4.78 is 21.2. The molecule has 182 valence electrons. The van der Waals surface area contributed by atoms with Gasteiger partial charge in [0.05, 0.1) is 27.0 Å². The lowest BCUT2D eigenvalue weighted by molar-refractivity contribution is 0.0741. The van der Waals surface area contributed by atoms with Gasteiger partial charge >= 0.3 is 6.09 Å². The Morgan fingerprint density at radius 1 is 1.09 bits per heavy atom. The van der Waals surface area contributed by atoms with Crippen LogP contribution in [0.2, 0.25) is 0 Å². The number of hydrogen-bond donors (Lipinski definition) is 1. The Morgan fingerprint density at radius 3 is 2.51 bits per heavy atom. The van der Waals surface area contributed by atoms with E-state index < -0.39 is 12.2 Å². The summed E-state index contributed by atoms with van der Waals surface area (Å²) in [6.07, 6.45) is 1.60. The van der Waals surface area contributed by atoms with E-state index in [9.17, 15) is 9.59 Å². The Bertz CT molecular complexity index is 1210. The average Bonchev–Trinajstić information content (AvgIpc) is 3.43. The highest BCUT2D eigenvalue weighted by Gasteiger charge is 2.31. The van der Waals surface area contributed by atoms with Crippen molar-refractivity contribution in [1.82, 2.24) is 10.2 Å². The molecule has 1 N–H and O–H groups in total. The number of carbonyl (C=O) groups is 2. The number of aromatic nitrogens is 1. The minimum Gasteiger partial charge on any atom is -0.493 e. The number of benzene rings is 2. The first-order chi connectivity index (χ1) is 17.0. The summed E-state index contributed by atoms with van der Waals surface area (Å²) in [5, 5.41) is 12.2. The number of carbonyl (C=O) groups excluding carboxylic acids is 2. The second-order valence-corrected chi connectivity index (χ2v) is 7.74. The maximum absolute atomic E-state index is 12.6. The molecule has 2 heterocycles. The van der Waals surface area contributed by atoms with Gasteiger partial charge in [-0.05, 0) is 48.7 Å². The van der Waals surface area contributed by atoms with Gasteiger partial charge in [-0.3, -0.25) is 4.79 Å². The van der Waals surface area contributed by atoms with Gasteiger partial charge in [-0.1, -0.05) is 24.2 Å². The van der Waals surface area contributed by atoms with E-state index in [1.54, 1.807) is 32.4 Å². The van der Waals surface area contributed by atoms with E-state index in [0.29, 0.717) is 42.3 Å². The number of methoxy groups -OCH3 is 2. The molecule has 0 saturated carbocycles. The van der Waals surface area contributed by atoms with Gasteiger partial charge in [-0.2, -0.15) is 10.1 Å². The molecular formula is C25H26N4O6. The van der Waals surface area contributed by atoms with E-state index in [1.165, 1.54) is 17.3 Å². The van der Waals surface area contributed by atoms with Gasteiger partial charge in [0, 0.05) is 17.3 Å². The first-order valence-electron chi connectivity index (χ1n) is 11.1. The first kappa shape index (κ1) is 23.8. The van der Waals surface area contributed by atoms with Gasteiger partial charge in [-0.25, -0.2) is 4.79 Å². The quantitative estimate of drug-likeness (QED) is 0.492. The van der Waals surface area contributed by atoms with Crippen molar-refractivity contribution < 1.29 is 28.3 Å². The van der Waals surface area contributed by atoms with Crippen molar-refractivity contribution >= 4 is 23.4 Å². The van der Waals surface area contributed by atoms with Crippen molar-refractivity contribution in [3.8, 4) is 11.5 Å². The van der Waals surface area contributed by atoms with Crippen molar-refractivity contribution in [2.45, 2.75) is 25.9 Å². The Labute approximate surface area is 202 Å². The van der Waals surface area contributed by atoms with Crippen LogP contribution < -0.4 is 14.8 Å².